The number of amides is 1. The first-order valence-electron chi connectivity index (χ1n) is 5.43. The molecule has 100 valence electrons. The van der Waals surface area contributed by atoms with Crippen molar-refractivity contribution in [1.82, 2.24) is 14.9 Å². The Morgan fingerprint density at radius 3 is 2.88 bits per heavy atom. The van der Waals surface area contributed by atoms with Crippen LogP contribution in [-0.4, -0.2) is 70.8 Å². The number of methoxy groups -OCH3 is 1. The summed E-state index contributed by atoms with van der Waals surface area (Å²) in [6.45, 7) is 1.34. The molecule has 7 nitrogen and oxygen atoms in total. The zero-order valence-corrected chi connectivity index (χ0v) is 10.9. The number of hydrogen-bond donors (Lipinski definition) is 2. The molecule has 1 amide bonds. The Labute approximate surface area is 102 Å². The predicted octanol–water partition coefficient (Wildman–Crippen LogP) is -2.02. The Hall–Kier alpha value is -0.700. The smallest absolute Gasteiger partial charge is 0.239 e. The summed E-state index contributed by atoms with van der Waals surface area (Å²) in [7, 11) is -0.497. The third-order valence-corrected chi connectivity index (χ3v) is 4.48. The Balaban J connectivity index is 2.80. The molecule has 1 atom stereocenters. The summed E-state index contributed by atoms with van der Waals surface area (Å²) in [6.07, 6.45) is 0. The van der Waals surface area contributed by atoms with Crippen LogP contribution in [0.15, 0.2) is 0 Å². The van der Waals surface area contributed by atoms with Gasteiger partial charge in [-0.15, -0.1) is 0 Å². The third kappa shape index (κ3) is 3.63. The molecule has 0 spiro atoms. The molecular formula is C9H19N3O4S. The van der Waals surface area contributed by atoms with Gasteiger partial charge >= 0.3 is 0 Å². The van der Waals surface area contributed by atoms with Crippen molar-refractivity contribution >= 4 is 15.9 Å². The Bertz CT molecular complexity index is 357. The van der Waals surface area contributed by atoms with E-state index < -0.39 is 16.1 Å². The Morgan fingerprint density at radius 1 is 1.59 bits per heavy atom. The number of piperazine rings is 1. The zero-order chi connectivity index (χ0) is 12.9. The molecule has 2 N–H and O–H groups in total. The van der Waals surface area contributed by atoms with Gasteiger partial charge in [0.05, 0.1) is 12.4 Å². The lowest BCUT2D eigenvalue weighted by Gasteiger charge is -2.33. The van der Waals surface area contributed by atoms with E-state index in [0.29, 0.717) is 19.6 Å². The second-order valence-electron chi connectivity index (χ2n) is 3.75. The molecule has 0 aromatic heterocycles. The monoisotopic (exact) mass is 265 g/mol. The maximum Gasteiger partial charge on any atom is 0.239 e. The summed E-state index contributed by atoms with van der Waals surface area (Å²) in [4.78, 5) is 11.6. The minimum absolute atomic E-state index is 0.100. The standard InChI is InChI=1S/C9H19N3O4S/c1-10-9(13)8-7-11-3-4-12(8)17(14,15)6-5-16-2/h8,11H,3-7H2,1-2H3,(H,10,13). The largest absolute Gasteiger partial charge is 0.384 e. The molecule has 0 radical (unpaired) electrons. The van der Waals surface area contributed by atoms with E-state index in [1.54, 1.807) is 0 Å². The molecule has 0 aromatic carbocycles. The number of sulfonamides is 1. The number of hydrogen-bond acceptors (Lipinski definition) is 5. The average molecular weight is 265 g/mol. The van der Waals surface area contributed by atoms with E-state index in [1.807, 2.05) is 0 Å². The number of nitrogens with one attached hydrogen (secondary N) is 2. The fourth-order valence-corrected chi connectivity index (χ4v) is 3.25. The van der Waals surface area contributed by atoms with Crippen LogP contribution in [0.5, 0.6) is 0 Å². The van der Waals surface area contributed by atoms with Crippen molar-refractivity contribution in [2.24, 2.45) is 0 Å². The quantitative estimate of drug-likeness (QED) is 0.599. The van der Waals surface area contributed by atoms with E-state index in [4.69, 9.17) is 4.74 Å². The number of nitrogens with zero attached hydrogens (tertiary/aromatic N) is 1. The van der Waals surface area contributed by atoms with Gasteiger partial charge in [-0.25, -0.2) is 8.42 Å². The summed E-state index contributed by atoms with van der Waals surface area (Å²) in [5.74, 6) is -0.394. The predicted molar refractivity (Wildman–Crippen MR) is 63.1 cm³/mol. The van der Waals surface area contributed by atoms with E-state index in [2.05, 4.69) is 10.6 Å². The van der Waals surface area contributed by atoms with Crippen LogP contribution in [0.25, 0.3) is 0 Å². The lowest BCUT2D eigenvalue weighted by atomic mass is 10.2. The number of carbonyl (C=O) groups is 1. The Morgan fingerprint density at radius 2 is 2.29 bits per heavy atom. The molecule has 8 heteroatoms. The van der Waals surface area contributed by atoms with Crippen LogP contribution < -0.4 is 10.6 Å². The summed E-state index contributed by atoms with van der Waals surface area (Å²) in [5.41, 5.74) is 0. The van der Waals surface area contributed by atoms with E-state index >= 15 is 0 Å². The zero-order valence-electron chi connectivity index (χ0n) is 10.1. The van der Waals surface area contributed by atoms with Gasteiger partial charge in [-0.05, 0) is 0 Å². The van der Waals surface area contributed by atoms with Crippen molar-refractivity contribution < 1.29 is 17.9 Å². The minimum atomic E-state index is -3.44. The minimum Gasteiger partial charge on any atom is -0.384 e. The number of rotatable bonds is 5. The first kappa shape index (κ1) is 14.4. The van der Waals surface area contributed by atoms with Crippen molar-refractivity contribution in [3.05, 3.63) is 0 Å². The molecule has 1 rings (SSSR count). The van der Waals surface area contributed by atoms with Crippen molar-refractivity contribution in [3.63, 3.8) is 0 Å². The topological polar surface area (TPSA) is 87.7 Å². The second kappa shape index (κ2) is 6.29. The van der Waals surface area contributed by atoms with Crippen LogP contribution in [-0.2, 0) is 19.6 Å². The molecule has 0 aromatic rings. The fraction of sp³-hybridized carbons (Fsp3) is 0.889. The highest BCUT2D eigenvalue weighted by Gasteiger charge is 2.35. The molecule has 1 saturated heterocycles. The van der Waals surface area contributed by atoms with Crippen LogP contribution in [0.2, 0.25) is 0 Å². The van der Waals surface area contributed by atoms with Gasteiger partial charge in [0.2, 0.25) is 15.9 Å². The molecule has 0 aliphatic carbocycles. The molecule has 17 heavy (non-hydrogen) atoms. The molecule has 1 aliphatic rings. The third-order valence-electron chi connectivity index (χ3n) is 2.65. The molecule has 1 fully saturated rings. The molecule has 1 unspecified atom stereocenters. The highest BCUT2D eigenvalue weighted by molar-refractivity contribution is 7.89. The second-order valence-corrected chi connectivity index (χ2v) is 5.79. The van der Waals surface area contributed by atoms with E-state index in [1.165, 1.54) is 18.5 Å². The van der Waals surface area contributed by atoms with Crippen LogP contribution in [0.3, 0.4) is 0 Å². The lowest BCUT2D eigenvalue weighted by molar-refractivity contribution is -0.124. The normalized spacial score (nSPS) is 22.4. The van der Waals surface area contributed by atoms with Crippen LogP contribution in [0.4, 0.5) is 0 Å². The van der Waals surface area contributed by atoms with Gasteiger partial charge in [-0.3, -0.25) is 4.79 Å². The van der Waals surface area contributed by atoms with Gasteiger partial charge in [0.15, 0.2) is 0 Å². The molecule has 1 aliphatic heterocycles. The van der Waals surface area contributed by atoms with Gasteiger partial charge in [0.1, 0.15) is 6.04 Å². The molecular weight excluding hydrogens is 246 g/mol. The SMILES string of the molecule is CNC(=O)C1CNCCN1S(=O)(=O)CCOC. The fourth-order valence-electron chi connectivity index (χ4n) is 1.71. The van der Waals surface area contributed by atoms with Crippen molar-refractivity contribution in [2.75, 3.05) is 46.2 Å². The number of likely N-dealkylation sites (N-methyl/N-ethyl adjacent to an activating group) is 1. The van der Waals surface area contributed by atoms with Crippen LogP contribution in [0.1, 0.15) is 0 Å². The Kier molecular flexibility index (Phi) is 5.31. The summed E-state index contributed by atoms with van der Waals surface area (Å²) in [6, 6.07) is -0.671. The summed E-state index contributed by atoms with van der Waals surface area (Å²) < 4.78 is 30.0. The summed E-state index contributed by atoms with van der Waals surface area (Å²) in [5, 5.41) is 5.49. The number of ether oxygens (including phenoxy) is 1. The first-order valence-corrected chi connectivity index (χ1v) is 7.04. The van der Waals surface area contributed by atoms with E-state index in [0.717, 1.165) is 0 Å². The van der Waals surface area contributed by atoms with Crippen LogP contribution >= 0.6 is 0 Å². The van der Waals surface area contributed by atoms with Gasteiger partial charge in [0, 0.05) is 33.8 Å². The highest BCUT2D eigenvalue weighted by atomic mass is 32.2. The van der Waals surface area contributed by atoms with Gasteiger partial charge < -0.3 is 15.4 Å². The van der Waals surface area contributed by atoms with Crippen LogP contribution in [0, 0.1) is 0 Å². The van der Waals surface area contributed by atoms with Crippen molar-refractivity contribution in [1.29, 1.82) is 0 Å². The maximum atomic E-state index is 12.0. The lowest BCUT2D eigenvalue weighted by Crippen LogP contribution is -2.59. The van der Waals surface area contributed by atoms with Gasteiger partial charge in [-0.1, -0.05) is 0 Å². The van der Waals surface area contributed by atoms with Crippen molar-refractivity contribution in [3.8, 4) is 0 Å². The average Bonchev–Trinajstić information content (AvgIpc) is 2.35. The molecule has 0 saturated carbocycles. The van der Waals surface area contributed by atoms with E-state index in [9.17, 15) is 13.2 Å². The molecule has 0 bridgehead atoms. The van der Waals surface area contributed by atoms with Gasteiger partial charge in [-0.2, -0.15) is 4.31 Å². The number of carbonyl (C=O) groups excluding carboxylic acids is 1. The summed E-state index contributed by atoms with van der Waals surface area (Å²) >= 11 is 0. The van der Waals surface area contributed by atoms with Gasteiger partial charge in [0.25, 0.3) is 0 Å². The molecule has 1 heterocycles. The van der Waals surface area contributed by atoms with E-state index in [-0.39, 0.29) is 18.3 Å². The first-order chi connectivity index (χ1) is 8.03. The maximum absolute atomic E-state index is 12.0. The van der Waals surface area contributed by atoms with Crippen molar-refractivity contribution in [2.45, 2.75) is 6.04 Å². The highest BCUT2D eigenvalue weighted by Crippen LogP contribution is 2.10.